The third-order valence-electron chi connectivity index (χ3n) is 11.0. The summed E-state index contributed by atoms with van der Waals surface area (Å²) in [6, 6.07) is 1.25. The molecule has 52 heavy (non-hydrogen) atoms. The molecule has 0 aromatic carbocycles. The van der Waals surface area contributed by atoms with Crippen molar-refractivity contribution in [3.8, 4) is 0 Å². The van der Waals surface area contributed by atoms with Gasteiger partial charge in [-0.3, -0.25) is 9.59 Å². The van der Waals surface area contributed by atoms with Gasteiger partial charge in [0.25, 0.3) is 0 Å². The fourth-order valence-electron chi connectivity index (χ4n) is 7.28. The summed E-state index contributed by atoms with van der Waals surface area (Å²) in [7, 11) is 11.3. The Morgan fingerprint density at radius 1 is 0.577 bits per heavy atom. The highest BCUT2D eigenvalue weighted by molar-refractivity contribution is 8.03. The van der Waals surface area contributed by atoms with Gasteiger partial charge in [-0.1, -0.05) is 160 Å². The van der Waals surface area contributed by atoms with E-state index in [1.54, 1.807) is 0 Å². The predicted molar refractivity (Wildman–Crippen MR) is 229 cm³/mol. The molecule has 0 aromatic heterocycles. The van der Waals surface area contributed by atoms with Crippen molar-refractivity contribution < 1.29 is 28.0 Å². The second-order valence-electron chi connectivity index (χ2n) is 18.7. The summed E-state index contributed by atoms with van der Waals surface area (Å²) >= 11 is 1.96. The van der Waals surface area contributed by atoms with E-state index in [4.69, 9.17) is 9.47 Å². The number of carbonyl (C=O) groups is 2. The van der Waals surface area contributed by atoms with Gasteiger partial charge in [0.05, 0.1) is 75.3 Å². The number of esters is 2. The number of hydrogen-bond donors (Lipinski definition) is 0. The van der Waals surface area contributed by atoms with E-state index in [9.17, 15) is 9.59 Å². The zero-order valence-corrected chi connectivity index (χ0v) is 38.2. The first kappa shape index (κ1) is 49.2. The Kier molecular flexibility index (Phi) is 26.2. The number of rotatable bonds is 32. The number of hydrogen-bond acceptors (Lipinski definition) is 5. The molecule has 1 aliphatic rings. The fourth-order valence-corrected chi connectivity index (χ4v) is 12.8. The van der Waals surface area contributed by atoms with Crippen LogP contribution in [0.1, 0.15) is 155 Å². The molecule has 0 fully saturated rings. The van der Waals surface area contributed by atoms with Crippen molar-refractivity contribution in [3.05, 3.63) is 10.1 Å². The van der Waals surface area contributed by atoms with E-state index in [1.807, 2.05) is 11.8 Å². The van der Waals surface area contributed by atoms with Gasteiger partial charge in [-0.25, -0.2) is 0 Å². The van der Waals surface area contributed by atoms with Crippen molar-refractivity contribution in [3.63, 3.8) is 0 Å². The molecule has 0 spiro atoms. The van der Waals surface area contributed by atoms with Crippen LogP contribution in [-0.4, -0.2) is 103 Å². The molecule has 0 saturated heterocycles. The first-order chi connectivity index (χ1) is 24.6. The predicted octanol–water partition coefficient (Wildman–Crippen LogP) is 11.6. The lowest BCUT2D eigenvalue weighted by Gasteiger charge is -2.38. The van der Waals surface area contributed by atoms with E-state index in [1.165, 1.54) is 132 Å². The molecule has 0 aliphatic heterocycles. The highest BCUT2D eigenvalue weighted by atomic mass is 32.2. The molecule has 306 valence electrons. The van der Waals surface area contributed by atoms with E-state index in [0.717, 1.165) is 40.7 Å². The fraction of sp³-hybridized carbons (Fsp3) is 0.909. The molecule has 6 nitrogen and oxygen atoms in total. The molecule has 0 heterocycles. The normalized spacial score (nSPS) is 17.1. The maximum Gasteiger partial charge on any atom is 0.310 e. The van der Waals surface area contributed by atoms with Gasteiger partial charge in [0.1, 0.15) is 13.2 Å². The van der Waals surface area contributed by atoms with Crippen LogP contribution < -0.4 is 0 Å². The van der Waals surface area contributed by atoms with Crippen molar-refractivity contribution >= 4 is 31.8 Å². The minimum atomic E-state index is -1.83. The number of thioether (sulfide) groups is 1. The lowest BCUT2D eigenvalue weighted by molar-refractivity contribution is -0.870. The van der Waals surface area contributed by atoms with Crippen molar-refractivity contribution in [2.45, 2.75) is 174 Å². The number of ether oxygens (including phenoxy) is 2. The summed E-state index contributed by atoms with van der Waals surface area (Å²) in [5.74, 6) is -0.292. The monoisotopic (exact) mass is 769 g/mol. The SMILES string of the molecule is CCCCCCCCCCCCOC(=O)[C@@H]1CC(SCC[N+](C)(C)C)=C([Si](C)(C)CCCCCCCCCCCC)C[C@H]1C(=O)OCC[N+](C)(C)C. The Morgan fingerprint density at radius 2 is 0.981 bits per heavy atom. The van der Waals surface area contributed by atoms with Crippen molar-refractivity contribution in [1.82, 2.24) is 0 Å². The largest absolute Gasteiger partial charge is 0.465 e. The molecular formula is C44H88N2O4SSi+2. The summed E-state index contributed by atoms with van der Waals surface area (Å²) < 4.78 is 13.6. The average Bonchev–Trinajstić information content (AvgIpc) is 3.06. The van der Waals surface area contributed by atoms with Crippen LogP contribution in [0.2, 0.25) is 19.1 Å². The maximum absolute atomic E-state index is 13.9. The molecule has 0 radical (unpaired) electrons. The lowest BCUT2D eigenvalue weighted by atomic mass is 9.82. The Morgan fingerprint density at radius 3 is 1.44 bits per heavy atom. The average molecular weight is 769 g/mol. The molecule has 0 amide bonds. The Balaban J connectivity index is 2.99. The van der Waals surface area contributed by atoms with Crippen molar-refractivity contribution in [2.75, 3.05) is 74.3 Å². The first-order valence-electron chi connectivity index (χ1n) is 21.9. The standard InChI is InChI=1S/C44H88N2O4SSi/c1-11-13-15-17-19-21-23-25-27-29-33-49-43(47)39-37-41(51-35-32-46(6,7)8)42(38-40(39)44(48)50-34-31-45(3,4)5)52(9,10)36-30-28-26-24-22-20-18-16-14-12-2/h39-40H,11-38H2,1-10H3/q+2/t39-,40-/m1/s1. The maximum atomic E-state index is 13.9. The Hall–Kier alpha value is -0.833. The van der Waals surface area contributed by atoms with Gasteiger partial charge in [0, 0.05) is 5.75 Å². The first-order valence-corrected chi connectivity index (χ1v) is 26.1. The Bertz CT molecular complexity index is 988. The minimum Gasteiger partial charge on any atom is -0.465 e. The van der Waals surface area contributed by atoms with Gasteiger partial charge in [-0.2, -0.15) is 0 Å². The van der Waals surface area contributed by atoms with Crippen LogP contribution >= 0.6 is 11.8 Å². The molecule has 0 bridgehead atoms. The summed E-state index contributed by atoms with van der Waals surface area (Å²) in [6.45, 7) is 12.2. The molecule has 1 aliphatic carbocycles. The van der Waals surface area contributed by atoms with Crippen LogP contribution in [0, 0.1) is 11.8 Å². The lowest BCUT2D eigenvalue weighted by Crippen LogP contribution is -2.43. The summed E-state index contributed by atoms with van der Waals surface area (Å²) in [5, 5.41) is 1.52. The van der Waals surface area contributed by atoms with Gasteiger partial charge in [0.2, 0.25) is 0 Å². The molecule has 0 saturated carbocycles. The van der Waals surface area contributed by atoms with Gasteiger partial charge in [0.15, 0.2) is 0 Å². The number of allylic oxidation sites excluding steroid dienone is 2. The highest BCUT2D eigenvalue weighted by Crippen LogP contribution is 2.45. The summed E-state index contributed by atoms with van der Waals surface area (Å²) in [6.07, 6.45) is 27.2. The third-order valence-corrected chi connectivity index (χ3v) is 16.1. The number of carbonyl (C=O) groups excluding carboxylic acids is 2. The zero-order chi connectivity index (χ0) is 38.9. The van der Waals surface area contributed by atoms with Crippen LogP contribution in [0.4, 0.5) is 0 Å². The van der Waals surface area contributed by atoms with Crippen LogP contribution in [0.5, 0.6) is 0 Å². The second kappa shape index (κ2) is 27.7. The van der Waals surface area contributed by atoms with Gasteiger partial charge in [-0.15, -0.1) is 11.8 Å². The molecule has 2 atom stereocenters. The molecule has 0 unspecified atom stereocenters. The molecule has 0 aromatic rings. The van der Waals surface area contributed by atoms with Gasteiger partial charge < -0.3 is 18.4 Å². The quantitative estimate of drug-likeness (QED) is 0.0295. The number of unbranched alkanes of at least 4 members (excludes halogenated alkanes) is 18. The van der Waals surface area contributed by atoms with Crippen molar-refractivity contribution in [2.24, 2.45) is 11.8 Å². The summed E-state index contributed by atoms with van der Waals surface area (Å²) in [4.78, 5) is 29.1. The minimum absolute atomic E-state index is 0.192. The molecule has 1 rings (SSSR count). The topological polar surface area (TPSA) is 52.6 Å². The molecule has 0 N–H and O–H groups in total. The van der Waals surface area contributed by atoms with E-state index in [-0.39, 0.29) is 11.9 Å². The van der Waals surface area contributed by atoms with Crippen LogP contribution in [0.3, 0.4) is 0 Å². The highest BCUT2D eigenvalue weighted by Gasteiger charge is 2.44. The van der Waals surface area contributed by atoms with Gasteiger partial charge >= 0.3 is 11.9 Å². The van der Waals surface area contributed by atoms with E-state index < -0.39 is 19.9 Å². The third kappa shape index (κ3) is 23.8. The van der Waals surface area contributed by atoms with E-state index in [0.29, 0.717) is 26.1 Å². The van der Waals surface area contributed by atoms with Crippen LogP contribution in [-0.2, 0) is 19.1 Å². The number of likely N-dealkylation sites (N-methyl/N-ethyl adjacent to an activating group) is 1. The molecular weight excluding hydrogens is 681 g/mol. The molecule has 8 heteroatoms. The van der Waals surface area contributed by atoms with Gasteiger partial charge in [-0.05, 0) is 24.2 Å². The van der Waals surface area contributed by atoms with Crippen LogP contribution in [0.15, 0.2) is 10.1 Å². The smallest absolute Gasteiger partial charge is 0.310 e. The van der Waals surface area contributed by atoms with Crippen LogP contribution in [0.25, 0.3) is 0 Å². The van der Waals surface area contributed by atoms with E-state index in [2.05, 4.69) is 69.2 Å². The van der Waals surface area contributed by atoms with E-state index >= 15 is 0 Å². The number of nitrogens with zero attached hydrogens (tertiary/aromatic N) is 2. The second-order valence-corrected chi connectivity index (χ2v) is 24.8. The summed E-state index contributed by atoms with van der Waals surface area (Å²) in [5.41, 5.74) is 0. The zero-order valence-electron chi connectivity index (χ0n) is 36.4. The Labute approximate surface area is 329 Å². The number of quaternary nitrogens is 2. The van der Waals surface area contributed by atoms with Crippen molar-refractivity contribution in [1.29, 1.82) is 0 Å².